The van der Waals surface area contributed by atoms with E-state index < -0.39 is 0 Å². The molecule has 0 heterocycles. The third kappa shape index (κ3) is 4.05. The first-order valence-corrected chi connectivity index (χ1v) is 7.45. The van der Waals surface area contributed by atoms with Crippen LogP contribution in [0.3, 0.4) is 0 Å². The largest absolute Gasteiger partial charge is 0.394 e. The Labute approximate surface area is 120 Å². The minimum Gasteiger partial charge on any atom is -0.394 e. The van der Waals surface area contributed by atoms with E-state index in [0.29, 0.717) is 0 Å². The molecular weight excluding hydrogens is 346 g/mol. The highest BCUT2D eigenvalue weighted by Gasteiger charge is 2.23. The Hall–Kier alpha value is 0.1000. The molecule has 17 heavy (non-hydrogen) atoms. The summed E-state index contributed by atoms with van der Waals surface area (Å²) in [5.74, 6) is 0. The standard InChI is InChI=1S/C13H19Br2NO/c1-3-13(4-2,9-17)16-8-10-5-6-11(14)12(15)7-10/h5-7,16-17H,3-4,8-9H2,1-2H3. The third-order valence-corrected chi connectivity index (χ3v) is 5.19. The lowest BCUT2D eigenvalue weighted by Crippen LogP contribution is -2.47. The zero-order chi connectivity index (χ0) is 12.9. The molecule has 0 spiro atoms. The highest BCUT2D eigenvalue weighted by molar-refractivity contribution is 9.13. The molecule has 2 N–H and O–H groups in total. The van der Waals surface area contributed by atoms with Crippen molar-refractivity contribution in [2.45, 2.75) is 38.8 Å². The van der Waals surface area contributed by atoms with E-state index in [0.717, 1.165) is 28.3 Å². The molecule has 0 saturated carbocycles. The minimum absolute atomic E-state index is 0.153. The van der Waals surface area contributed by atoms with Gasteiger partial charge in [0.1, 0.15) is 0 Å². The van der Waals surface area contributed by atoms with E-state index in [9.17, 15) is 5.11 Å². The Morgan fingerprint density at radius 2 is 1.82 bits per heavy atom. The molecular formula is C13H19Br2NO. The molecule has 4 heteroatoms. The first-order chi connectivity index (χ1) is 8.06. The second kappa shape index (κ2) is 6.88. The number of hydrogen-bond acceptors (Lipinski definition) is 2. The molecule has 0 fully saturated rings. The second-order valence-corrected chi connectivity index (χ2v) is 5.96. The van der Waals surface area contributed by atoms with Crippen molar-refractivity contribution >= 4 is 31.9 Å². The van der Waals surface area contributed by atoms with Gasteiger partial charge >= 0.3 is 0 Å². The van der Waals surface area contributed by atoms with Gasteiger partial charge in [0.15, 0.2) is 0 Å². The second-order valence-electron chi connectivity index (χ2n) is 4.25. The van der Waals surface area contributed by atoms with Crippen molar-refractivity contribution in [3.8, 4) is 0 Å². The van der Waals surface area contributed by atoms with Crippen molar-refractivity contribution in [2.24, 2.45) is 0 Å². The van der Waals surface area contributed by atoms with Crippen LogP contribution in [0.5, 0.6) is 0 Å². The van der Waals surface area contributed by atoms with Crippen LogP contribution < -0.4 is 5.32 Å². The van der Waals surface area contributed by atoms with Crippen LogP contribution in [-0.4, -0.2) is 17.3 Å². The van der Waals surface area contributed by atoms with Gasteiger partial charge in [0.2, 0.25) is 0 Å². The summed E-state index contributed by atoms with van der Waals surface area (Å²) in [4.78, 5) is 0. The van der Waals surface area contributed by atoms with Crippen LogP contribution in [-0.2, 0) is 6.54 Å². The van der Waals surface area contributed by atoms with Gasteiger partial charge < -0.3 is 10.4 Å². The highest BCUT2D eigenvalue weighted by atomic mass is 79.9. The Kier molecular flexibility index (Phi) is 6.13. The van der Waals surface area contributed by atoms with Gasteiger partial charge in [-0.25, -0.2) is 0 Å². The molecule has 0 unspecified atom stereocenters. The Balaban J connectivity index is 2.68. The molecule has 2 nitrogen and oxygen atoms in total. The van der Waals surface area contributed by atoms with Gasteiger partial charge in [0.05, 0.1) is 6.61 Å². The monoisotopic (exact) mass is 363 g/mol. The molecule has 0 aliphatic carbocycles. The Morgan fingerprint density at radius 1 is 1.18 bits per heavy atom. The van der Waals surface area contributed by atoms with E-state index in [1.165, 1.54) is 5.56 Å². The topological polar surface area (TPSA) is 32.3 Å². The normalized spacial score (nSPS) is 11.8. The van der Waals surface area contributed by atoms with Crippen molar-refractivity contribution in [3.05, 3.63) is 32.7 Å². The van der Waals surface area contributed by atoms with E-state index in [4.69, 9.17) is 0 Å². The van der Waals surface area contributed by atoms with Gasteiger partial charge in [-0.2, -0.15) is 0 Å². The maximum atomic E-state index is 9.47. The zero-order valence-electron chi connectivity index (χ0n) is 10.3. The van der Waals surface area contributed by atoms with Crippen molar-refractivity contribution < 1.29 is 5.11 Å². The molecule has 0 aromatic heterocycles. The summed E-state index contributed by atoms with van der Waals surface area (Å²) in [5.41, 5.74) is 1.05. The summed E-state index contributed by atoms with van der Waals surface area (Å²) in [6.45, 7) is 5.15. The molecule has 0 saturated heterocycles. The molecule has 96 valence electrons. The Bertz CT molecular complexity index is 356. The van der Waals surface area contributed by atoms with Crippen LogP contribution in [0.25, 0.3) is 0 Å². The smallest absolute Gasteiger partial charge is 0.0613 e. The van der Waals surface area contributed by atoms with Crippen molar-refractivity contribution in [3.63, 3.8) is 0 Å². The van der Waals surface area contributed by atoms with Gasteiger partial charge in [0, 0.05) is 21.0 Å². The number of hydrogen-bond donors (Lipinski definition) is 2. The first kappa shape index (κ1) is 15.2. The first-order valence-electron chi connectivity index (χ1n) is 5.86. The van der Waals surface area contributed by atoms with E-state index in [1.807, 2.05) is 6.07 Å². The van der Waals surface area contributed by atoms with E-state index in [-0.39, 0.29) is 12.1 Å². The number of halogens is 2. The van der Waals surface area contributed by atoms with Crippen LogP contribution in [0.15, 0.2) is 27.1 Å². The van der Waals surface area contributed by atoms with Crippen molar-refractivity contribution in [1.82, 2.24) is 5.32 Å². The number of benzene rings is 1. The van der Waals surface area contributed by atoms with Gasteiger partial charge in [-0.3, -0.25) is 0 Å². The average Bonchev–Trinajstić information content (AvgIpc) is 2.36. The lowest BCUT2D eigenvalue weighted by atomic mass is 9.93. The van der Waals surface area contributed by atoms with Gasteiger partial charge in [-0.05, 0) is 62.4 Å². The van der Waals surface area contributed by atoms with Gasteiger partial charge in [-0.15, -0.1) is 0 Å². The molecule has 0 amide bonds. The SMILES string of the molecule is CCC(CC)(CO)NCc1ccc(Br)c(Br)c1. The van der Waals surface area contributed by atoms with Crippen LogP contribution >= 0.6 is 31.9 Å². The fourth-order valence-corrected chi connectivity index (χ4v) is 2.39. The summed E-state index contributed by atoms with van der Waals surface area (Å²) in [7, 11) is 0. The predicted molar refractivity (Wildman–Crippen MR) is 79.1 cm³/mol. The number of aliphatic hydroxyl groups is 1. The maximum Gasteiger partial charge on any atom is 0.0613 e. The van der Waals surface area contributed by atoms with E-state index in [2.05, 4.69) is 63.2 Å². The van der Waals surface area contributed by atoms with Crippen LogP contribution in [0.1, 0.15) is 32.3 Å². The predicted octanol–water partition coefficient (Wildman–Crippen LogP) is 3.85. The minimum atomic E-state index is -0.153. The lowest BCUT2D eigenvalue weighted by molar-refractivity contribution is 0.149. The fourth-order valence-electron chi connectivity index (χ4n) is 1.72. The quantitative estimate of drug-likeness (QED) is 0.803. The zero-order valence-corrected chi connectivity index (χ0v) is 13.4. The average molecular weight is 365 g/mol. The molecule has 0 radical (unpaired) electrons. The summed E-state index contributed by atoms with van der Waals surface area (Å²) >= 11 is 6.95. The summed E-state index contributed by atoms with van der Waals surface area (Å²) in [6, 6.07) is 6.19. The fraction of sp³-hybridized carbons (Fsp3) is 0.538. The molecule has 1 aromatic rings. The van der Waals surface area contributed by atoms with Gasteiger partial charge in [0.25, 0.3) is 0 Å². The number of rotatable bonds is 6. The molecule has 0 bridgehead atoms. The summed E-state index contributed by atoms with van der Waals surface area (Å²) in [5, 5.41) is 12.9. The summed E-state index contributed by atoms with van der Waals surface area (Å²) in [6.07, 6.45) is 1.86. The number of nitrogens with one attached hydrogen (secondary N) is 1. The summed E-state index contributed by atoms with van der Waals surface area (Å²) < 4.78 is 2.11. The van der Waals surface area contributed by atoms with Gasteiger partial charge in [-0.1, -0.05) is 19.9 Å². The number of aliphatic hydroxyl groups excluding tert-OH is 1. The van der Waals surface area contributed by atoms with Crippen LogP contribution in [0.2, 0.25) is 0 Å². The molecule has 1 rings (SSSR count). The van der Waals surface area contributed by atoms with E-state index >= 15 is 0 Å². The molecule has 0 aliphatic rings. The van der Waals surface area contributed by atoms with Crippen molar-refractivity contribution in [1.29, 1.82) is 0 Å². The van der Waals surface area contributed by atoms with Crippen LogP contribution in [0.4, 0.5) is 0 Å². The molecule has 0 atom stereocenters. The van der Waals surface area contributed by atoms with Crippen molar-refractivity contribution in [2.75, 3.05) is 6.61 Å². The third-order valence-electron chi connectivity index (χ3n) is 3.31. The van der Waals surface area contributed by atoms with Crippen LogP contribution in [0, 0.1) is 0 Å². The highest BCUT2D eigenvalue weighted by Crippen LogP contribution is 2.24. The Morgan fingerprint density at radius 3 is 2.29 bits per heavy atom. The van der Waals surface area contributed by atoms with E-state index in [1.54, 1.807) is 0 Å². The molecule has 1 aromatic carbocycles. The lowest BCUT2D eigenvalue weighted by Gasteiger charge is -2.31. The maximum absolute atomic E-state index is 9.47. The molecule has 0 aliphatic heterocycles.